The number of nitrogens with zero attached hydrogens (tertiary/aromatic N) is 2. The largest absolute Gasteiger partial charge is 0.508 e. The number of benzene rings is 4. The van der Waals surface area contributed by atoms with Crippen molar-refractivity contribution in [2.75, 3.05) is 19.7 Å². The van der Waals surface area contributed by atoms with Crippen LogP contribution in [-0.2, 0) is 25.3 Å². The number of imide groups is 1. The summed E-state index contributed by atoms with van der Waals surface area (Å²) in [6.45, 7) is 9.24. The number of piperidine rings is 1. The van der Waals surface area contributed by atoms with E-state index in [0.29, 0.717) is 12.0 Å². The molecular formula is C45H52N2O6Si. The van der Waals surface area contributed by atoms with E-state index >= 15 is 0 Å². The molecule has 0 unspecified atom stereocenters. The van der Waals surface area contributed by atoms with Crippen molar-refractivity contribution in [1.82, 2.24) is 9.80 Å². The quantitative estimate of drug-likeness (QED) is 0.160. The van der Waals surface area contributed by atoms with Crippen LogP contribution in [0.3, 0.4) is 0 Å². The van der Waals surface area contributed by atoms with Gasteiger partial charge < -0.3 is 19.4 Å². The molecule has 4 fully saturated rings. The summed E-state index contributed by atoms with van der Waals surface area (Å²) in [6, 6.07) is 38.0. The molecule has 3 heterocycles. The van der Waals surface area contributed by atoms with Crippen LogP contribution in [0.15, 0.2) is 115 Å². The molecule has 282 valence electrons. The first-order valence-electron chi connectivity index (χ1n) is 19.6. The number of ether oxygens (including phenoxy) is 1. The van der Waals surface area contributed by atoms with Crippen LogP contribution in [0.25, 0.3) is 0 Å². The molecule has 2 N–H and O–H groups in total. The minimum absolute atomic E-state index is 0.0825. The molecule has 0 radical (unpaired) electrons. The zero-order valence-electron chi connectivity index (χ0n) is 31.5. The average Bonchev–Trinajstić information content (AvgIpc) is 3.65. The number of rotatable bonds is 9. The van der Waals surface area contributed by atoms with Crippen molar-refractivity contribution >= 4 is 30.5 Å². The highest BCUT2D eigenvalue weighted by Crippen LogP contribution is 2.59. The van der Waals surface area contributed by atoms with E-state index in [1.807, 2.05) is 54.6 Å². The van der Waals surface area contributed by atoms with Gasteiger partial charge in [0.25, 0.3) is 8.32 Å². The molecule has 9 heteroatoms. The average molecular weight is 745 g/mol. The monoisotopic (exact) mass is 744 g/mol. The van der Waals surface area contributed by atoms with Crippen molar-refractivity contribution in [2.24, 2.45) is 23.7 Å². The van der Waals surface area contributed by atoms with Gasteiger partial charge in [0.05, 0.1) is 17.9 Å². The fourth-order valence-corrected chi connectivity index (χ4v) is 14.8. The summed E-state index contributed by atoms with van der Waals surface area (Å²) in [4.78, 5) is 33.1. The minimum atomic E-state index is -3.01. The summed E-state index contributed by atoms with van der Waals surface area (Å²) in [7, 11) is -3.01. The predicted octanol–water partition coefficient (Wildman–Crippen LogP) is 6.02. The molecule has 2 amide bonds. The van der Waals surface area contributed by atoms with Crippen LogP contribution in [0.1, 0.15) is 63.7 Å². The van der Waals surface area contributed by atoms with Crippen LogP contribution in [-0.4, -0.2) is 71.7 Å². The lowest BCUT2D eigenvalue weighted by atomic mass is 9.64. The summed E-state index contributed by atoms with van der Waals surface area (Å²) in [6.07, 6.45) is 1.38. The minimum Gasteiger partial charge on any atom is -0.508 e. The standard InChI is InChI=1S/C45H52N2O6Si/c1-44(2,3)54(34-17-9-5-10-18-34,35-19-11-6-12-20-35)52-30-32-27-37-41(38-28-40(53-45(32,38)51)36-21-13-14-22-39(36)48)43(50)47(42(37)49)33-23-25-46(26-24-33)29-31-15-7-4-8-16-31/h4-22,32-33,37-38,40-41,48,51H,23-30H2,1-3H3/t32-,37+,38+,40+,41+,45-/m1/s1. The summed E-state index contributed by atoms with van der Waals surface area (Å²) in [5.41, 5.74) is 1.82. The van der Waals surface area contributed by atoms with Crippen molar-refractivity contribution in [3.8, 4) is 5.75 Å². The van der Waals surface area contributed by atoms with E-state index in [2.05, 4.69) is 74.2 Å². The zero-order chi connectivity index (χ0) is 37.7. The molecule has 8 nitrogen and oxygen atoms in total. The van der Waals surface area contributed by atoms with Gasteiger partial charge in [-0.25, -0.2) is 0 Å². The Labute approximate surface area is 319 Å². The zero-order valence-corrected chi connectivity index (χ0v) is 32.5. The molecule has 1 saturated carbocycles. The van der Waals surface area contributed by atoms with Crippen molar-refractivity contribution in [2.45, 2.75) is 76.0 Å². The fraction of sp³-hybridized carbons (Fsp3) is 0.422. The number of phenolic OH excluding ortho intramolecular Hbond substituents is 1. The molecule has 0 spiro atoms. The number of carbonyl (C=O) groups is 2. The number of likely N-dealkylation sites (tertiary alicyclic amines) is 2. The number of hydrogen-bond acceptors (Lipinski definition) is 7. The van der Waals surface area contributed by atoms with Gasteiger partial charge in [-0.1, -0.05) is 130 Å². The number of para-hydroxylation sites is 1. The van der Waals surface area contributed by atoms with Gasteiger partial charge in [-0.05, 0) is 52.7 Å². The maximum absolute atomic E-state index is 14.6. The Morgan fingerprint density at radius 3 is 1.96 bits per heavy atom. The van der Waals surface area contributed by atoms with Gasteiger partial charge in [-0.2, -0.15) is 0 Å². The van der Waals surface area contributed by atoms with Crippen LogP contribution in [0.5, 0.6) is 5.75 Å². The van der Waals surface area contributed by atoms with E-state index < -0.39 is 43.9 Å². The van der Waals surface area contributed by atoms with E-state index in [1.54, 1.807) is 17.0 Å². The molecule has 6 atom stereocenters. The Morgan fingerprint density at radius 1 is 0.796 bits per heavy atom. The van der Waals surface area contributed by atoms with Crippen molar-refractivity contribution in [1.29, 1.82) is 0 Å². The Hall–Kier alpha value is -4.12. The summed E-state index contributed by atoms with van der Waals surface area (Å²) in [5, 5.41) is 25.7. The van der Waals surface area contributed by atoms with Crippen LogP contribution >= 0.6 is 0 Å². The van der Waals surface area contributed by atoms with E-state index in [0.717, 1.165) is 42.8 Å². The molecule has 4 aromatic carbocycles. The molecule has 0 bridgehead atoms. The van der Waals surface area contributed by atoms with E-state index in [1.165, 1.54) is 5.56 Å². The summed E-state index contributed by atoms with van der Waals surface area (Å²) < 4.78 is 14.1. The van der Waals surface area contributed by atoms with Gasteiger partial charge in [0.15, 0.2) is 5.79 Å². The first-order valence-corrected chi connectivity index (χ1v) is 21.5. The molecular weight excluding hydrogens is 693 g/mol. The molecule has 3 saturated heterocycles. The van der Waals surface area contributed by atoms with E-state index in [9.17, 15) is 19.8 Å². The number of fused-ring (bicyclic) bond motifs is 3. The topological polar surface area (TPSA) is 99.5 Å². The van der Waals surface area contributed by atoms with Gasteiger partial charge in [0.2, 0.25) is 11.8 Å². The van der Waals surface area contributed by atoms with E-state index in [4.69, 9.17) is 9.16 Å². The molecule has 0 aromatic heterocycles. The third-order valence-electron chi connectivity index (χ3n) is 12.8. The normalized spacial score (nSPS) is 27.9. The van der Waals surface area contributed by atoms with Gasteiger partial charge in [-0.3, -0.25) is 19.4 Å². The van der Waals surface area contributed by atoms with Gasteiger partial charge in [0, 0.05) is 49.7 Å². The Kier molecular flexibility index (Phi) is 9.90. The molecule has 54 heavy (non-hydrogen) atoms. The lowest BCUT2D eigenvalue weighted by molar-refractivity contribution is -0.273. The maximum Gasteiger partial charge on any atom is 0.261 e. The third-order valence-corrected chi connectivity index (χ3v) is 17.8. The second-order valence-electron chi connectivity index (χ2n) is 16.8. The highest BCUT2D eigenvalue weighted by Gasteiger charge is 2.68. The fourth-order valence-electron chi connectivity index (χ4n) is 10.2. The van der Waals surface area contributed by atoms with Crippen LogP contribution in [0.2, 0.25) is 5.04 Å². The highest BCUT2D eigenvalue weighted by atomic mass is 28.4. The van der Waals surface area contributed by atoms with E-state index in [-0.39, 0.29) is 41.7 Å². The Balaban J connectivity index is 1.11. The smallest absolute Gasteiger partial charge is 0.261 e. The lowest BCUT2D eigenvalue weighted by Crippen LogP contribution is -2.67. The number of aromatic hydroxyl groups is 1. The number of hydrogen-bond donors (Lipinski definition) is 2. The van der Waals surface area contributed by atoms with Gasteiger partial charge in [-0.15, -0.1) is 0 Å². The summed E-state index contributed by atoms with van der Waals surface area (Å²) in [5.74, 6) is -4.50. The predicted molar refractivity (Wildman–Crippen MR) is 210 cm³/mol. The van der Waals surface area contributed by atoms with Crippen LogP contribution < -0.4 is 10.4 Å². The van der Waals surface area contributed by atoms with Crippen molar-refractivity contribution < 1.29 is 29.0 Å². The van der Waals surface area contributed by atoms with Gasteiger partial charge >= 0.3 is 0 Å². The summed E-state index contributed by atoms with van der Waals surface area (Å²) >= 11 is 0. The maximum atomic E-state index is 14.6. The first-order chi connectivity index (χ1) is 26.0. The second-order valence-corrected chi connectivity index (χ2v) is 21.1. The Morgan fingerprint density at radius 2 is 1.37 bits per heavy atom. The van der Waals surface area contributed by atoms with Crippen molar-refractivity contribution in [3.63, 3.8) is 0 Å². The Bertz CT molecular complexity index is 1910. The van der Waals surface area contributed by atoms with Gasteiger partial charge in [0.1, 0.15) is 5.75 Å². The number of carbonyl (C=O) groups excluding carboxylic acids is 2. The molecule has 3 aliphatic heterocycles. The third kappa shape index (κ3) is 6.33. The SMILES string of the molecule is CC(C)(C)[Si](OC[C@H]1C[C@@H]2C(=O)N(C3CCN(Cc4ccccc4)CC3)C(=O)[C@@H]2[C@@H]2C[C@@H](c3ccccc3O)O[C@]12O)(c1ccccc1)c1ccccc1. The molecule has 4 aromatic rings. The number of phenols is 1. The van der Waals surface area contributed by atoms with Crippen LogP contribution in [0.4, 0.5) is 0 Å². The molecule has 4 aliphatic rings. The van der Waals surface area contributed by atoms with Crippen molar-refractivity contribution in [3.05, 3.63) is 126 Å². The van der Waals surface area contributed by atoms with Crippen LogP contribution in [0, 0.1) is 23.7 Å². The molecule has 1 aliphatic carbocycles. The number of amides is 2. The lowest BCUT2D eigenvalue weighted by Gasteiger charge is -2.48. The second kappa shape index (κ2) is 14.5. The first kappa shape index (κ1) is 36.8. The number of aliphatic hydroxyl groups is 1. The molecule has 8 rings (SSSR count). The highest BCUT2D eigenvalue weighted by molar-refractivity contribution is 6.99.